The van der Waals surface area contributed by atoms with Gasteiger partial charge in [-0.25, -0.2) is 26.7 Å². The number of amides is 1. The monoisotopic (exact) mass is 520 g/mol. The van der Waals surface area contributed by atoms with Crippen LogP contribution >= 0.6 is 15.9 Å². The standard InChI is InChI=1S/C18H21BrN2O7S2/c1-18(2,23)9-10-28-14-11-12(7-8-13(14)19)17(22)21-30(26,27)16-6-4-3-5-15(16)29(20,24)25/h3-8,11,23H,9-10H2,1-2H3,(H,21,22)(H2,20,24,25). The van der Waals surface area contributed by atoms with Gasteiger partial charge in [0.15, 0.2) is 0 Å². The van der Waals surface area contributed by atoms with Crippen LogP contribution in [0, 0.1) is 0 Å². The van der Waals surface area contributed by atoms with E-state index in [1.54, 1.807) is 13.8 Å². The lowest BCUT2D eigenvalue weighted by molar-refractivity contribution is 0.0551. The van der Waals surface area contributed by atoms with E-state index in [9.17, 15) is 26.7 Å². The van der Waals surface area contributed by atoms with Crippen LogP contribution in [0.5, 0.6) is 5.75 Å². The molecular weight excluding hydrogens is 500 g/mol. The maximum atomic E-state index is 12.6. The zero-order chi connectivity index (χ0) is 22.7. The minimum atomic E-state index is -4.53. The molecule has 2 rings (SSSR count). The van der Waals surface area contributed by atoms with Crippen LogP contribution < -0.4 is 14.6 Å². The number of carbonyl (C=O) groups excluding carboxylic acids is 1. The number of primary sulfonamides is 1. The Kier molecular flexibility index (Phi) is 7.30. The third-order valence-electron chi connectivity index (χ3n) is 3.84. The summed E-state index contributed by atoms with van der Waals surface area (Å²) in [6.45, 7) is 3.41. The number of hydrogen-bond acceptors (Lipinski definition) is 7. The first-order valence-electron chi connectivity index (χ1n) is 8.54. The average molecular weight is 521 g/mol. The molecule has 0 atom stereocenters. The van der Waals surface area contributed by atoms with Crippen molar-refractivity contribution in [1.29, 1.82) is 0 Å². The molecule has 164 valence electrons. The highest BCUT2D eigenvalue weighted by Gasteiger charge is 2.26. The Labute approximate surface area is 183 Å². The maximum absolute atomic E-state index is 12.6. The summed E-state index contributed by atoms with van der Waals surface area (Å²) in [4.78, 5) is 11.2. The minimum Gasteiger partial charge on any atom is -0.492 e. The van der Waals surface area contributed by atoms with Gasteiger partial charge in [0.05, 0.1) is 16.7 Å². The van der Waals surface area contributed by atoms with Gasteiger partial charge in [-0.1, -0.05) is 12.1 Å². The molecule has 0 bridgehead atoms. The predicted octanol–water partition coefficient (Wildman–Crippen LogP) is 1.76. The van der Waals surface area contributed by atoms with Crippen LogP contribution in [0.3, 0.4) is 0 Å². The first-order chi connectivity index (χ1) is 13.7. The molecule has 9 nitrogen and oxygen atoms in total. The number of ether oxygens (including phenoxy) is 1. The molecule has 2 aromatic rings. The fourth-order valence-electron chi connectivity index (χ4n) is 2.31. The van der Waals surface area contributed by atoms with E-state index in [1.165, 1.54) is 30.3 Å². The van der Waals surface area contributed by atoms with Crippen molar-refractivity contribution >= 4 is 41.9 Å². The molecule has 0 aliphatic heterocycles. The van der Waals surface area contributed by atoms with Gasteiger partial charge in [-0.05, 0) is 60.1 Å². The van der Waals surface area contributed by atoms with E-state index < -0.39 is 41.3 Å². The Morgan fingerprint density at radius 2 is 1.73 bits per heavy atom. The molecule has 12 heteroatoms. The van der Waals surface area contributed by atoms with Crippen LogP contribution in [0.4, 0.5) is 0 Å². The summed E-state index contributed by atoms with van der Waals surface area (Å²) in [5, 5.41) is 14.8. The number of nitrogens with one attached hydrogen (secondary N) is 1. The van der Waals surface area contributed by atoms with Crippen molar-refractivity contribution < 1.29 is 31.5 Å². The van der Waals surface area contributed by atoms with Gasteiger partial charge in [0.1, 0.15) is 15.5 Å². The smallest absolute Gasteiger partial charge is 0.265 e. The van der Waals surface area contributed by atoms with Gasteiger partial charge in [0.2, 0.25) is 10.0 Å². The number of carbonyl (C=O) groups is 1. The van der Waals surface area contributed by atoms with Crippen molar-refractivity contribution in [3.63, 3.8) is 0 Å². The van der Waals surface area contributed by atoms with Crippen molar-refractivity contribution in [1.82, 2.24) is 4.72 Å². The molecule has 0 saturated carbocycles. The summed E-state index contributed by atoms with van der Waals surface area (Å²) in [6, 6.07) is 8.87. The Hall–Kier alpha value is -1.99. The van der Waals surface area contributed by atoms with Gasteiger partial charge in [0, 0.05) is 12.0 Å². The van der Waals surface area contributed by atoms with Crippen LogP contribution in [0.2, 0.25) is 0 Å². The van der Waals surface area contributed by atoms with Gasteiger partial charge in [-0.15, -0.1) is 0 Å². The lowest BCUT2D eigenvalue weighted by atomic mass is 10.1. The quantitative estimate of drug-likeness (QED) is 0.479. The molecule has 0 spiro atoms. The summed E-state index contributed by atoms with van der Waals surface area (Å²) in [5.41, 5.74) is -0.972. The third-order valence-corrected chi connectivity index (χ3v) is 6.98. The highest BCUT2D eigenvalue weighted by molar-refractivity contribution is 9.10. The molecule has 2 aromatic carbocycles. The first kappa shape index (κ1) is 24.3. The molecule has 0 fully saturated rings. The fraction of sp³-hybridized carbons (Fsp3) is 0.278. The van der Waals surface area contributed by atoms with Crippen LogP contribution in [0.1, 0.15) is 30.6 Å². The van der Waals surface area contributed by atoms with Crippen LogP contribution in [-0.4, -0.2) is 40.1 Å². The zero-order valence-corrected chi connectivity index (χ0v) is 19.3. The van der Waals surface area contributed by atoms with E-state index in [4.69, 9.17) is 9.88 Å². The van der Waals surface area contributed by atoms with E-state index >= 15 is 0 Å². The normalized spacial score (nSPS) is 12.4. The lowest BCUT2D eigenvalue weighted by Gasteiger charge is -2.17. The first-order valence-corrected chi connectivity index (χ1v) is 12.4. The van der Waals surface area contributed by atoms with Gasteiger partial charge >= 0.3 is 0 Å². The molecule has 0 unspecified atom stereocenters. The van der Waals surface area contributed by atoms with Gasteiger partial charge in [0.25, 0.3) is 15.9 Å². The molecule has 0 aromatic heterocycles. The molecule has 0 saturated heterocycles. The minimum absolute atomic E-state index is 0.0341. The summed E-state index contributed by atoms with van der Waals surface area (Å²) in [7, 11) is -8.85. The van der Waals surface area contributed by atoms with Gasteiger partial charge in [-0.2, -0.15) is 0 Å². The Morgan fingerprint density at radius 3 is 2.30 bits per heavy atom. The van der Waals surface area contributed by atoms with Crippen molar-refractivity contribution in [2.45, 2.75) is 35.7 Å². The van der Waals surface area contributed by atoms with Crippen LogP contribution in [-0.2, 0) is 20.0 Å². The lowest BCUT2D eigenvalue weighted by Crippen LogP contribution is -2.32. The van der Waals surface area contributed by atoms with E-state index in [0.717, 1.165) is 12.1 Å². The summed E-state index contributed by atoms with van der Waals surface area (Å²) < 4.78 is 56.4. The molecule has 4 N–H and O–H groups in total. The number of rotatable bonds is 8. The van der Waals surface area contributed by atoms with Crippen molar-refractivity contribution in [3.05, 3.63) is 52.5 Å². The Balaban J connectivity index is 2.27. The molecule has 30 heavy (non-hydrogen) atoms. The van der Waals surface area contributed by atoms with E-state index in [0.29, 0.717) is 10.9 Å². The number of aliphatic hydroxyl groups is 1. The highest BCUT2D eigenvalue weighted by Crippen LogP contribution is 2.27. The number of benzene rings is 2. The molecule has 0 aliphatic rings. The second-order valence-electron chi connectivity index (χ2n) is 6.98. The average Bonchev–Trinajstić information content (AvgIpc) is 2.61. The van der Waals surface area contributed by atoms with Gasteiger partial charge in [-0.3, -0.25) is 4.79 Å². The Morgan fingerprint density at radius 1 is 1.13 bits per heavy atom. The van der Waals surface area contributed by atoms with E-state index in [2.05, 4.69) is 15.9 Å². The third kappa shape index (κ3) is 6.51. The number of halogens is 1. The number of sulfonamides is 2. The largest absolute Gasteiger partial charge is 0.492 e. The summed E-state index contributed by atoms with van der Waals surface area (Å²) in [5.74, 6) is -0.715. The number of nitrogens with two attached hydrogens (primary N) is 1. The fourth-order valence-corrected chi connectivity index (χ4v) is 5.03. The summed E-state index contributed by atoms with van der Waals surface area (Å²) in [6.07, 6.45) is 0.328. The molecule has 0 radical (unpaired) electrons. The van der Waals surface area contributed by atoms with Gasteiger partial charge < -0.3 is 9.84 Å². The van der Waals surface area contributed by atoms with Crippen molar-refractivity contribution in [2.75, 3.05) is 6.61 Å². The summed E-state index contributed by atoms with van der Waals surface area (Å²) >= 11 is 3.27. The number of hydrogen-bond donors (Lipinski definition) is 3. The predicted molar refractivity (Wildman–Crippen MR) is 113 cm³/mol. The highest BCUT2D eigenvalue weighted by atomic mass is 79.9. The molecular formula is C18H21BrN2O7S2. The molecule has 1 amide bonds. The van der Waals surface area contributed by atoms with Crippen molar-refractivity contribution in [3.8, 4) is 5.75 Å². The topological polar surface area (TPSA) is 153 Å². The van der Waals surface area contributed by atoms with Crippen LogP contribution in [0.15, 0.2) is 56.7 Å². The van der Waals surface area contributed by atoms with Crippen LogP contribution in [0.25, 0.3) is 0 Å². The van der Waals surface area contributed by atoms with E-state index in [1.807, 2.05) is 4.72 Å². The van der Waals surface area contributed by atoms with E-state index in [-0.39, 0.29) is 17.9 Å². The van der Waals surface area contributed by atoms with Crippen molar-refractivity contribution in [2.24, 2.45) is 5.14 Å². The molecule has 0 aliphatic carbocycles. The Bertz CT molecular complexity index is 1160. The second-order valence-corrected chi connectivity index (χ2v) is 11.0. The molecule has 0 heterocycles. The second kappa shape index (κ2) is 9.02. The zero-order valence-electron chi connectivity index (χ0n) is 16.1. The SMILES string of the molecule is CC(C)(O)CCOc1cc(C(=O)NS(=O)(=O)c2ccccc2S(N)(=O)=O)ccc1Br. The maximum Gasteiger partial charge on any atom is 0.265 e.